The van der Waals surface area contributed by atoms with Crippen molar-refractivity contribution in [1.29, 1.82) is 0 Å². The lowest BCUT2D eigenvalue weighted by Gasteiger charge is -2.38. The van der Waals surface area contributed by atoms with Crippen LogP contribution in [0.5, 0.6) is 0 Å². The molecule has 0 bridgehead atoms. The van der Waals surface area contributed by atoms with Crippen molar-refractivity contribution < 1.29 is 28.8 Å². The van der Waals surface area contributed by atoms with E-state index in [1.165, 1.54) is 19.3 Å². The zero-order chi connectivity index (χ0) is 22.6. The summed E-state index contributed by atoms with van der Waals surface area (Å²) in [5, 5.41) is 14.8. The topological polar surface area (TPSA) is 99.9 Å². The highest BCUT2D eigenvalue weighted by Gasteiger charge is 2.48. The number of ether oxygens (including phenoxy) is 2. The third-order valence-corrected chi connectivity index (χ3v) is 4.60. The summed E-state index contributed by atoms with van der Waals surface area (Å²) in [6.07, 6.45) is 2.33. The van der Waals surface area contributed by atoms with E-state index in [9.17, 15) is 14.7 Å². The van der Waals surface area contributed by atoms with Crippen molar-refractivity contribution in [2.45, 2.75) is 65.0 Å². The van der Waals surface area contributed by atoms with E-state index in [0.717, 1.165) is 10.2 Å². The molecule has 1 N–H and O–H groups in total. The lowest BCUT2D eigenvalue weighted by molar-refractivity contribution is -0.185. The van der Waals surface area contributed by atoms with Crippen LogP contribution >= 0.6 is 0 Å². The Kier molecular flexibility index (Phi) is 7.10. The fourth-order valence-corrected chi connectivity index (χ4v) is 2.36. The Bertz CT molecular complexity index is 871. The third kappa shape index (κ3) is 6.17. The number of aliphatic hydroxyl groups is 1. The van der Waals surface area contributed by atoms with Crippen molar-refractivity contribution in [3.8, 4) is 0 Å². The molecule has 0 aliphatic carbocycles. The van der Waals surface area contributed by atoms with Crippen molar-refractivity contribution in [1.82, 2.24) is 9.78 Å². The molecule has 8 nitrogen and oxygen atoms in total. The lowest BCUT2D eigenvalue weighted by atomic mass is 9.83. The maximum Gasteiger partial charge on any atom is 0.435 e. The molecule has 162 valence electrons. The number of benzene rings is 1. The summed E-state index contributed by atoms with van der Waals surface area (Å²) in [6, 6.07) is 9.19. The summed E-state index contributed by atoms with van der Waals surface area (Å²) in [5.41, 5.74) is -2.41. The number of hydrogen-bond acceptors (Lipinski definition) is 7. The molecule has 2 rings (SSSR count). The van der Waals surface area contributed by atoms with E-state index >= 15 is 0 Å². The van der Waals surface area contributed by atoms with Crippen LogP contribution in [0.1, 0.15) is 47.1 Å². The molecule has 0 saturated carbocycles. The van der Waals surface area contributed by atoms with Crippen molar-refractivity contribution in [3.63, 3.8) is 0 Å². The molecule has 1 atom stereocenters. The summed E-state index contributed by atoms with van der Waals surface area (Å²) in [6.45, 7) is 9.88. The maximum absolute atomic E-state index is 12.5. The van der Waals surface area contributed by atoms with Gasteiger partial charge in [-0.25, -0.2) is 9.59 Å². The zero-order valence-electron chi connectivity index (χ0n) is 18.3. The fraction of sp³-hybridized carbons (Fsp3) is 0.476. The molecular weight excluding hydrogens is 387 g/mol. The van der Waals surface area contributed by atoms with Crippen molar-refractivity contribution in [2.75, 3.05) is 0 Å². The van der Waals surface area contributed by atoms with Gasteiger partial charge in [-0.1, -0.05) is 30.3 Å². The molecule has 30 heavy (non-hydrogen) atoms. The molecule has 1 heterocycles. The van der Waals surface area contributed by atoms with Gasteiger partial charge < -0.3 is 19.2 Å². The summed E-state index contributed by atoms with van der Waals surface area (Å²) < 4.78 is 17.4. The van der Waals surface area contributed by atoms with Crippen molar-refractivity contribution in [2.24, 2.45) is 0 Å². The minimum atomic E-state index is -1.90. The van der Waals surface area contributed by atoms with Crippen LogP contribution < -0.4 is 5.46 Å². The molecule has 9 heteroatoms. The molecule has 0 fully saturated rings. The van der Waals surface area contributed by atoms with E-state index in [1.807, 2.05) is 30.3 Å². The second-order valence-electron chi connectivity index (χ2n) is 8.71. The van der Waals surface area contributed by atoms with E-state index in [4.69, 9.17) is 14.1 Å². The van der Waals surface area contributed by atoms with Gasteiger partial charge in [0.1, 0.15) is 12.2 Å². The van der Waals surface area contributed by atoms with E-state index in [-0.39, 0.29) is 14.1 Å². The number of nitrogens with zero attached hydrogens (tertiary/aromatic N) is 2. The average molecular weight is 416 g/mol. The van der Waals surface area contributed by atoms with E-state index in [0.29, 0.717) is 5.46 Å². The van der Waals surface area contributed by atoms with Gasteiger partial charge in [-0.15, -0.1) is 0 Å². The van der Waals surface area contributed by atoms with Gasteiger partial charge in [0.2, 0.25) is 0 Å². The minimum absolute atomic E-state index is 0.0257. The highest BCUT2D eigenvalue weighted by Crippen LogP contribution is 2.27. The highest BCUT2D eigenvalue weighted by atomic mass is 16.6. The Labute approximate surface area is 177 Å². The highest BCUT2D eigenvalue weighted by molar-refractivity contribution is 6.46. The summed E-state index contributed by atoms with van der Waals surface area (Å²) in [5.74, 6) is -0.791. The zero-order valence-corrected chi connectivity index (χ0v) is 18.3. The number of rotatable bonds is 7. The number of esters is 1. The predicted molar refractivity (Wildman–Crippen MR) is 113 cm³/mol. The van der Waals surface area contributed by atoms with Crippen LogP contribution in [-0.2, 0) is 25.5 Å². The van der Waals surface area contributed by atoms with Gasteiger partial charge in [0.25, 0.3) is 0 Å². The van der Waals surface area contributed by atoms with E-state index < -0.39 is 28.9 Å². The quantitative estimate of drug-likeness (QED) is 0.544. The van der Waals surface area contributed by atoms with Gasteiger partial charge in [-0.05, 0) is 52.6 Å². The first-order valence-electron chi connectivity index (χ1n) is 9.66. The molecule has 0 amide bonds. The SMILES string of the molecule is CC(C)(C)OC(=O)n1cc(BOC(C)(C)C(C)(O)C(=O)OCc2ccccc2)cn1. The first-order chi connectivity index (χ1) is 13.8. The molecule has 1 aromatic carbocycles. The summed E-state index contributed by atoms with van der Waals surface area (Å²) in [4.78, 5) is 24.5. The van der Waals surface area contributed by atoms with Crippen LogP contribution in [0.4, 0.5) is 4.79 Å². The fourth-order valence-electron chi connectivity index (χ4n) is 2.36. The molecule has 0 spiro atoms. The molecule has 0 saturated heterocycles. The van der Waals surface area contributed by atoms with Crippen LogP contribution in [0.2, 0.25) is 0 Å². The van der Waals surface area contributed by atoms with Crippen molar-refractivity contribution in [3.05, 3.63) is 48.3 Å². The maximum atomic E-state index is 12.5. The first kappa shape index (κ1) is 23.6. The average Bonchev–Trinajstić information content (AvgIpc) is 3.13. The summed E-state index contributed by atoms with van der Waals surface area (Å²) >= 11 is 0. The Morgan fingerprint density at radius 3 is 2.33 bits per heavy atom. The van der Waals surface area contributed by atoms with E-state index in [2.05, 4.69) is 5.10 Å². The Morgan fingerprint density at radius 2 is 1.73 bits per heavy atom. The van der Waals surface area contributed by atoms with Gasteiger partial charge >= 0.3 is 19.5 Å². The van der Waals surface area contributed by atoms with Gasteiger partial charge in [-0.3, -0.25) is 0 Å². The lowest BCUT2D eigenvalue weighted by Crippen LogP contribution is -2.57. The van der Waals surface area contributed by atoms with Crippen LogP contribution in [0, 0.1) is 0 Å². The monoisotopic (exact) mass is 416 g/mol. The van der Waals surface area contributed by atoms with Crippen LogP contribution in [0.3, 0.4) is 0 Å². The molecule has 0 aliphatic heterocycles. The smallest absolute Gasteiger partial charge is 0.435 e. The van der Waals surface area contributed by atoms with Crippen LogP contribution in [0.15, 0.2) is 42.7 Å². The van der Waals surface area contributed by atoms with Gasteiger partial charge in [0.05, 0.1) is 5.60 Å². The molecule has 2 aromatic rings. The Balaban J connectivity index is 1.96. The van der Waals surface area contributed by atoms with Crippen molar-refractivity contribution >= 4 is 25.0 Å². The second kappa shape index (κ2) is 9.01. The Hall–Kier alpha value is -2.65. The second-order valence-corrected chi connectivity index (χ2v) is 8.71. The van der Waals surface area contributed by atoms with Gasteiger partial charge in [-0.2, -0.15) is 9.78 Å². The van der Waals surface area contributed by atoms with Crippen LogP contribution in [-0.4, -0.2) is 51.2 Å². The molecule has 1 unspecified atom stereocenters. The minimum Gasteiger partial charge on any atom is -0.459 e. The third-order valence-electron chi connectivity index (χ3n) is 4.60. The molecule has 0 aliphatic rings. The van der Waals surface area contributed by atoms with Gasteiger partial charge in [0.15, 0.2) is 5.60 Å². The van der Waals surface area contributed by atoms with Gasteiger partial charge in [0, 0.05) is 12.4 Å². The molecular formula is C21H29BN2O6. The number of hydrogen-bond donors (Lipinski definition) is 1. The normalized spacial score (nSPS) is 14.0. The number of aromatic nitrogens is 2. The molecule has 0 radical (unpaired) electrons. The summed E-state index contributed by atoms with van der Waals surface area (Å²) in [7, 11) is 0.0257. The standard InChI is InChI=1S/C21H29BN2O6/c1-19(2,3)29-18(26)24-13-16(12-23-24)22-30-20(4,5)21(6,27)17(25)28-14-15-10-8-7-9-11-15/h7-13,22,27H,14H2,1-6H3. The van der Waals surface area contributed by atoms with E-state index in [1.54, 1.807) is 34.6 Å². The predicted octanol–water partition coefficient (Wildman–Crippen LogP) is 1.93. The number of carbonyl (C=O) groups excluding carboxylic acids is 2. The number of carbonyl (C=O) groups is 2. The van der Waals surface area contributed by atoms with Crippen LogP contribution in [0.25, 0.3) is 0 Å². The Morgan fingerprint density at radius 1 is 1.10 bits per heavy atom. The first-order valence-corrected chi connectivity index (χ1v) is 9.66. The largest absolute Gasteiger partial charge is 0.459 e. The molecule has 1 aromatic heterocycles.